The Kier molecular flexibility index (Phi) is 6.72. The summed E-state index contributed by atoms with van der Waals surface area (Å²) in [6.07, 6.45) is 0.102. The molecule has 0 saturated carbocycles. The topological polar surface area (TPSA) is 62.6 Å². The first-order chi connectivity index (χ1) is 6.65. The number of esters is 1. The van der Waals surface area contributed by atoms with Crippen LogP contribution in [0.2, 0.25) is 0 Å². The molecule has 0 aliphatic carbocycles. The van der Waals surface area contributed by atoms with Gasteiger partial charge in [-0.15, -0.1) is 0 Å². The molecular formula is C9H16N2O3. The maximum absolute atomic E-state index is 10.9. The van der Waals surface area contributed by atoms with Gasteiger partial charge in [0.2, 0.25) is 0 Å². The minimum absolute atomic E-state index is 0.167. The molecule has 0 heterocycles. The van der Waals surface area contributed by atoms with E-state index in [-0.39, 0.29) is 25.2 Å². The molecule has 0 aromatic rings. The molecular weight excluding hydrogens is 184 g/mol. The Morgan fingerprint density at radius 2 is 2.21 bits per heavy atom. The molecule has 0 aromatic carbocycles. The van der Waals surface area contributed by atoms with Crippen LogP contribution < -0.4 is 0 Å². The minimum Gasteiger partial charge on any atom is -0.469 e. The molecule has 0 saturated heterocycles. The monoisotopic (exact) mass is 200 g/mol. The summed E-state index contributed by atoms with van der Waals surface area (Å²) in [6, 6.07) is 2.02. The first-order valence-corrected chi connectivity index (χ1v) is 4.36. The molecule has 80 valence electrons. The van der Waals surface area contributed by atoms with Gasteiger partial charge in [0.25, 0.3) is 0 Å². The van der Waals surface area contributed by atoms with Gasteiger partial charge in [0.15, 0.2) is 0 Å². The molecule has 0 N–H and O–H groups in total. The Bertz CT molecular complexity index is 213. The maximum atomic E-state index is 10.9. The summed E-state index contributed by atoms with van der Waals surface area (Å²) in [4.78, 5) is 12.6. The van der Waals surface area contributed by atoms with Gasteiger partial charge in [-0.05, 0) is 6.92 Å². The zero-order chi connectivity index (χ0) is 11.0. The molecule has 1 unspecified atom stereocenters. The highest BCUT2D eigenvalue weighted by Crippen LogP contribution is 2.00. The van der Waals surface area contributed by atoms with Gasteiger partial charge in [0.05, 0.1) is 26.1 Å². The van der Waals surface area contributed by atoms with Crippen LogP contribution in [0, 0.1) is 11.3 Å². The molecule has 5 nitrogen and oxygen atoms in total. The summed E-state index contributed by atoms with van der Waals surface area (Å²) in [5.41, 5.74) is 0. The molecule has 0 fully saturated rings. The number of ether oxygens (including phenoxy) is 2. The third-order valence-electron chi connectivity index (χ3n) is 1.96. The Labute approximate surface area is 84.2 Å². The van der Waals surface area contributed by atoms with Gasteiger partial charge in [-0.25, -0.2) is 0 Å². The molecule has 1 atom stereocenters. The van der Waals surface area contributed by atoms with Gasteiger partial charge < -0.3 is 9.47 Å². The zero-order valence-corrected chi connectivity index (χ0v) is 8.82. The van der Waals surface area contributed by atoms with Crippen molar-refractivity contribution in [3.05, 3.63) is 0 Å². The zero-order valence-electron chi connectivity index (χ0n) is 8.82. The van der Waals surface area contributed by atoms with E-state index in [0.29, 0.717) is 6.54 Å². The quantitative estimate of drug-likeness (QED) is 0.352. The Hall–Kier alpha value is -1.12. The van der Waals surface area contributed by atoms with Crippen LogP contribution in [-0.2, 0) is 14.3 Å². The molecule has 0 spiro atoms. The van der Waals surface area contributed by atoms with Crippen LogP contribution in [0.3, 0.4) is 0 Å². The summed E-state index contributed by atoms with van der Waals surface area (Å²) in [5, 5.41) is 8.54. The van der Waals surface area contributed by atoms with Crippen molar-refractivity contribution >= 4 is 5.97 Å². The van der Waals surface area contributed by atoms with Crippen LogP contribution in [0.25, 0.3) is 0 Å². The summed E-state index contributed by atoms with van der Waals surface area (Å²) in [6.45, 7) is 2.54. The van der Waals surface area contributed by atoms with Crippen molar-refractivity contribution in [2.45, 2.75) is 19.6 Å². The normalized spacial score (nSPS) is 12.2. The van der Waals surface area contributed by atoms with Crippen LogP contribution in [-0.4, -0.2) is 44.4 Å². The summed E-state index contributed by atoms with van der Waals surface area (Å²) < 4.78 is 9.56. The van der Waals surface area contributed by atoms with Crippen LogP contribution >= 0.6 is 0 Å². The van der Waals surface area contributed by atoms with Gasteiger partial charge >= 0.3 is 5.97 Å². The van der Waals surface area contributed by atoms with Crippen LogP contribution in [0.5, 0.6) is 0 Å². The number of hydrogen-bond donors (Lipinski definition) is 0. The number of hydrogen-bond acceptors (Lipinski definition) is 5. The van der Waals surface area contributed by atoms with Gasteiger partial charge in [-0.3, -0.25) is 9.69 Å². The number of nitriles is 1. The fourth-order valence-corrected chi connectivity index (χ4v) is 0.966. The molecule has 5 heteroatoms. The fraction of sp³-hybridized carbons (Fsp3) is 0.778. The first kappa shape index (κ1) is 12.9. The van der Waals surface area contributed by atoms with Crippen molar-refractivity contribution in [3.63, 3.8) is 0 Å². The third-order valence-corrected chi connectivity index (χ3v) is 1.96. The second-order valence-corrected chi connectivity index (χ2v) is 2.79. The maximum Gasteiger partial charge on any atom is 0.306 e. The number of nitrogens with zero attached hydrogens (tertiary/aromatic N) is 2. The van der Waals surface area contributed by atoms with Crippen LogP contribution in [0.1, 0.15) is 13.3 Å². The molecule has 0 aromatic heterocycles. The molecule has 0 amide bonds. The Morgan fingerprint density at radius 3 is 2.64 bits per heavy atom. The lowest BCUT2D eigenvalue weighted by Crippen LogP contribution is -2.36. The smallest absolute Gasteiger partial charge is 0.306 e. The van der Waals surface area contributed by atoms with Gasteiger partial charge in [0.1, 0.15) is 6.23 Å². The number of rotatable bonds is 6. The van der Waals surface area contributed by atoms with Crippen molar-refractivity contribution in [2.75, 3.05) is 27.3 Å². The standard InChI is InChI=1S/C9H16N2O3/c1-8(13-2)11(7-5-10)6-4-9(12)14-3/h8H,4,6-7H2,1-3H3. The average molecular weight is 200 g/mol. The predicted molar refractivity (Wildman–Crippen MR) is 50.3 cm³/mol. The molecule has 14 heavy (non-hydrogen) atoms. The van der Waals surface area contributed by atoms with Crippen LogP contribution in [0.15, 0.2) is 0 Å². The minimum atomic E-state index is -0.281. The average Bonchev–Trinajstić information content (AvgIpc) is 2.22. The highest BCUT2D eigenvalue weighted by molar-refractivity contribution is 5.69. The first-order valence-electron chi connectivity index (χ1n) is 4.36. The van der Waals surface area contributed by atoms with Gasteiger partial charge in [0, 0.05) is 13.7 Å². The molecule has 0 bridgehead atoms. The highest BCUT2D eigenvalue weighted by Gasteiger charge is 2.13. The lowest BCUT2D eigenvalue weighted by atomic mass is 10.3. The van der Waals surface area contributed by atoms with E-state index in [1.54, 1.807) is 12.0 Å². The van der Waals surface area contributed by atoms with Crippen molar-refractivity contribution < 1.29 is 14.3 Å². The van der Waals surface area contributed by atoms with E-state index in [2.05, 4.69) is 4.74 Å². The van der Waals surface area contributed by atoms with Crippen molar-refractivity contribution in [1.29, 1.82) is 5.26 Å². The second-order valence-electron chi connectivity index (χ2n) is 2.79. The fourth-order valence-electron chi connectivity index (χ4n) is 0.966. The van der Waals surface area contributed by atoms with E-state index < -0.39 is 0 Å². The van der Waals surface area contributed by atoms with Crippen molar-refractivity contribution in [1.82, 2.24) is 4.90 Å². The van der Waals surface area contributed by atoms with Crippen LogP contribution in [0.4, 0.5) is 0 Å². The summed E-state index contributed by atoms with van der Waals surface area (Å²) >= 11 is 0. The van der Waals surface area contributed by atoms with Gasteiger partial charge in [-0.2, -0.15) is 5.26 Å². The third kappa shape index (κ3) is 4.80. The van der Waals surface area contributed by atoms with E-state index in [4.69, 9.17) is 10.00 Å². The lowest BCUT2D eigenvalue weighted by molar-refractivity contribution is -0.141. The Morgan fingerprint density at radius 1 is 1.57 bits per heavy atom. The van der Waals surface area contributed by atoms with E-state index in [1.165, 1.54) is 7.11 Å². The highest BCUT2D eigenvalue weighted by atomic mass is 16.5. The molecule has 0 aliphatic heterocycles. The Balaban J connectivity index is 3.97. The van der Waals surface area contributed by atoms with Gasteiger partial charge in [-0.1, -0.05) is 0 Å². The molecule has 0 rings (SSSR count). The summed E-state index contributed by atoms with van der Waals surface area (Å²) in [7, 11) is 2.91. The summed E-state index contributed by atoms with van der Waals surface area (Å²) in [5.74, 6) is -0.281. The molecule has 0 radical (unpaired) electrons. The van der Waals surface area contributed by atoms with E-state index in [9.17, 15) is 4.79 Å². The van der Waals surface area contributed by atoms with E-state index in [1.807, 2.05) is 13.0 Å². The predicted octanol–water partition coefficient (Wildman–Crippen LogP) is 0.367. The second kappa shape index (κ2) is 7.30. The number of methoxy groups -OCH3 is 2. The lowest BCUT2D eigenvalue weighted by Gasteiger charge is -2.24. The largest absolute Gasteiger partial charge is 0.469 e. The van der Waals surface area contributed by atoms with E-state index >= 15 is 0 Å². The van der Waals surface area contributed by atoms with Crippen molar-refractivity contribution in [3.8, 4) is 6.07 Å². The SMILES string of the molecule is COC(=O)CCN(CC#N)C(C)OC. The number of carbonyl (C=O) groups is 1. The molecule has 0 aliphatic rings. The van der Waals surface area contributed by atoms with Crippen molar-refractivity contribution in [2.24, 2.45) is 0 Å². The number of carbonyl (C=O) groups excluding carboxylic acids is 1. The van der Waals surface area contributed by atoms with E-state index in [0.717, 1.165) is 0 Å².